The lowest BCUT2D eigenvalue weighted by atomic mass is 9.84. The lowest BCUT2D eigenvalue weighted by Gasteiger charge is -2.40. The Labute approximate surface area is 568 Å². The predicted molar refractivity (Wildman–Crippen MR) is 353 cm³/mol. The number of hydrogen-bond donors (Lipinski definition) is 3. The second kappa shape index (κ2) is 33.9. The van der Waals surface area contributed by atoms with Gasteiger partial charge in [-0.1, -0.05) is 97.7 Å². The lowest BCUT2D eigenvalue weighted by molar-refractivity contribution is -0.155. The number of hydrogen-bond acceptors (Lipinski definition) is 12. The van der Waals surface area contributed by atoms with Crippen molar-refractivity contribution in [3.8, 4) is 0 Å². The standard InChI is InChI=1S/C68H104ClF3N12O12/c1-14-43(6)57-64(94)78(9)39-55(87)76(7)40-56(88)80(11)51(36-44-22-17-15-18-23-44)62(92)77(8)38-53(85)73-48(28-26-45-25-27-46(47(69)35-45)68(70,71)72)61(91)84-33-21-24-49(84)60(90)75-67(29-30-67)66(96)82(13)58(42(4)5)65(95)81(12)52(63(93)83-31-19-16-20-32-83)37-54(86)79(10)50(34-41(2)3)59(89)74-57/h25,27,35,41-44,48-52,57-58H,14-24,26,28-34,36-40H2,1-13H3,(H,73,85)(H,74,89)(H,75,90)/t43-,48-,49-,50-,51-,52-,57-,58-/m0/s1. The van der Waals surface area contributed by atoms with E-state index in [-0.39, 0.29) is 63.3 Å². The number of carbonyl (C=O) groups excluding carboxylic acids is 12. The minimum atomic E-state index is -4.76. The molecule has 2 saturated carbocycles. The van der Waals surface area contributed by atoms with Gasteiger partial charge in [-0.25, -0.2) is 0 Å². The monoisotopic (exact) mass is 1370 g/mol. The van der Waals surface area contributed by atoms with Crippen molar-refractivity contribution in [1.82, 2.24) is 60.0 Å². The van der Waals surface area contributed by atoms with Crippen molar-refractivity contribution < 1.29 is 70.7 Å². The van der Waals surface area contributed by atoms with Gasteiger partial charge in [-0.2, -0.15) is 13.2 Å². The number of amides is 12. The lowest BCUT2D eigenvalue weighted by Crippen LogP contribution is -2.62. The highest BCUT2D eigenvalue weighted by Crippen LogP contribution is 2.40. The fraction of sp³-hybridized carbons (Fsp3) is 0.735. The summed E-state index contributed by atoms with van der Waals surface area (Å²) in [5.41, 5.74) is -2.31. The second-order valence-electron chi connectivity index (χ2n) is 28.3. The third-order valence-electron chi connectivity index (χ3n) is 20.2. The molecule has 0 aromatic heterocycles. The Morgan fingerprint density at radius 1 is 0.646 bits per heavy atom. The number of fused-ring (bicyclic) bond motifs is 1. The number of likely N-dealkylation sites (tertiary alicyclic amines) is 1. The van der Waals surface area contributed by atoms with Gasteiger partial charge in [0.2, 0.25) is 70.9 Å². The fourth-order valence-electron chi connectivity index (χ4n) is 13.8. The smallest absolute Gasteiger partial charge is 0.343 e. The summed E-state index contributed by atoms with van der Waals surface area (Å²) in [6.45, 7) is 9.80. The zero-order valence-electron chi connectivity index (χ0n) is 58.5. The quantitative estimate of drug-likeness (QED) is 0.272. The summed E-state index contributed by atoms with van der Waals surface area (Å²) >= 11 is 6.12. The molecule has 28 heteroatoms. The van der Waals surface area contributed by atoms with Crippen molar-refractivity contribution >= 4 is 82.5 Å². The molecule has 0 radical (unpaired) electrons. The third kappa shape index (κ3) is 19.6. The van der Waals surface area contributed by atoms with Crippen molar-refractivity contribution in [2.24, 2.45) is 23.7 Å². The van der Waals surface area contributed by atoms with Crippen LogP contribution in [0.15, 0.2) is 18.2 Å². The summed E-state index contributed by atoms with van der Waals surface area (Å²) < 4.78 is 41.4. The Morgan fingerprint density at radius 2 is 1.25 bits per heavy atom. The van der Waals surface area contributed by atoms with Crippen LogP contribution in [0.25, 0.3) is 0 Å². The molecule has 2 aliphatic carbocycles. The molecule has 5 fully saturated rings. The maximum absolute atomic E-state index is 15.2. The average Bonchev–Trinajstić information content (AvgIpc) is 1.58. The molecule has 24 nitrogen and oxygen atoms in total. The van der Waals surface area contributed by atoms with Crippen LogP contribution in [-0.4, -0.2) is 251 Å². The van der Waals surface area contributed by atoms with E-state index in [0.717, 1.165) is 65.4 Å². The van der Waals surface area contributed by atoms with Crippen LogP contribution in [0.2, 0.25) is 5.02 Å². The molecular formula is C68H104ClF3N12O12. The van der Waals surface area contributed by atoms with Crippen molar-refractivity contribution in [3.63, 3.8) is 0 Å². The number of halogens is 4. The summed E-state index contributed by atoms with van der Waals surface area (Å²) in [6.07, 6.45) is 2.46. The molecule has 12 amide bonds. The molecule has 1 aromatic carbocycles. The van der Waals surface area contributed by atoms with Crippen molar-refractivity contribution in [3.05, 3.63) is 34.3 Å². The van der Waals surface area contributed by atoms with Gasteiger partial charge in [-0.3, -0.25) is 57.5 Å². The number of piperidine rings is 1. The molecule has 3 saturated heterocycles. The number of benzene rings is 1. The van der Waals surface area contributed by atoms with Gasteiger partial charge in [0.25, 0.3) is 0 Å². The molecule has 0 bridgehead atoms. The van der Waals surface area contributed by atoms with Crippen molar-refractivity contribution in [2.75, 3.05) is 88.6 Å². The summed E-state index contributed by atoms with van der Waals surface area (Å²) in [7, 11) is 9.79. The highest BCUT2D eigenvalue weighted by molar-refractivity contribution is 6.31. The first-order valence-electron chi connectivity index (χ1n) is 34.2. The molecule has 96 heavy (non-hydrogen) atoms. The van der Waals surface area contributed by atoms with Gasteiger partial charge in [0, 0.05) is 69.0 Å². The Bertz CT molecular complexity index is 3010. The van der Waals surface area contributed by atoms with E-state index in [4.69, 9.17) is 11.6 Å². The van der Waals surface area contributed by atoms with Crippen LogP contribution in [0.5, 0.6) is 0 Å². The van der Waals surface area contributed by atoms with Gasteiger partial charge >= 0.3 is 6.18 Å². The minimum absolute atomic E-state index is 0.0196. The number of aryl methyl sites for hydroxylation is 1. The summed E-state index contributed by atoms with van der Waals surface area (Å²) in [5, 5.41) is 7.93. The molecule has 3 aliphatic heterocycles. The van der Waals surface area contributed by atoms with E-state index in [2.05, 4.69) is 16.0 Å². The molecular weight excluding hydrogens is 1270 g/mol. The van der Waals surface area contributed by atoms with Gasteiger partial charge in [0.1, 0.15) is 47.8 Å². The van der Waals surface area contributed by atoms with E-state index in [1.807, 2.05) is 20.8 Å². The molecule has 8 atom stereocenters. The SMILES string of the molecule is CC[C@H](C)[C@@H]1NC(=O)[C@H](CC(C)C)N(C)C(=O)C[C@@H](C(=O)N2CCCCC2)N(C)C(=O)[C@H](C(C)C)N(C)C(=O)C2(CC2)NC(=O)[C@@H]2CCCN2C(=O)[C@H](CCc2ccc(C(F)(F)F)c(Cl)c2)NC(=O)CN(C)C(=O)[C@H](CC2CCCCC2)N(C)C(=O)CN(C)C(=O)CN(C)C1=O. The molecule has 536 valence electrons. The van der Waals surface area contributed by atoms with E-state index in [9.17, 15) is 61.1 Å². The number of nitrogens with one attached hydrogen (secondary N) is 3. The summed E-state index contributed by atoms with van der Waals surface area (Å²) in [6, 6.07) is -5.65. The van der Waals surface area contributed by atoms with Gasteiger partial charge in [0.05, 0.1) is 36.6 Å². The minimum Gasteiger partial charge on any atom is -0.343 e. The first-order chi connectivity index (χ1) is 45.0. The van der Waals surface area contributed by atoms with Crippen LogP contribution in [0.3, 0.4) is 0 Å². The highest BCUT2D eigenvalue weighted by Gasteiger charge is 2.56. The van der Waals surface area contributed by atoms with E-state index >= 15 is 9.59 Å². The number of alkyl halides is 3. The predicted octanol–water partition coefficient (Wildman–Crippen LogP) is 4.72. The highest BCUT2D eigenvalue weighted by atomic mass is 35.5. The number of rotatable bonds is 11. The molecule has 1 spiro atoms. The van der Waals surface area contributed by atoms with Crippen LogP contribution in [0.4, 0.5) is 13.2 Å². The van der Waals surface area contributed by atoms with Crippen molar-refractivity contribution in [2.45, 2.75) is 211 Å². The van der Waals surface area contributed by atoms with E-state index in [1.54, 1.807) is 25.7 Å². The van der Waals surface area contributed by atoms with Gasteiger partial charge in [-0.05, 0) is 112 Å². The normalized spacial score (nSPS) is 26.2. The average molecular weight is 1370 g/mol. The topological polar surface area (TPSA) is 270 Å². The molecule has 0 unspecified atom stereocenters. The fourth-order valence-corrected chi connectivity index (χ4v) is 14.1. The molecule has 5 aliphatic rings. The number of likely N-dealkylation sites (N-methyl/N-ethyl adjacent to an activating group) is 7. The Hall–Kier alpha value is -7.06. The number of carbonyl (C=O) groups is 12. The summed E-state index contributed by atoms with van der Waals surface area (Å²) in [5.74, 6) is -9.19. The molecule has 3 N–H and O–H groups in total. The largest absolute Gasteiger partial charge is 0.417 e. The van der Waals surface area contributed by atoms with E-state index in [0.29, 0.717) is 44.3 Å². The maximum atomic E-state index is 15.2. The summed E-state index contributed by atoms with van der Waals surface area (Å²) in [4.78, 5) is 187. The Morgan fingerprint density at radius 3 is 1.83 bits per heavy atom. The first kappa shape index (κ1) is 77.9. The molecule has 6 rings (SSSR count). The molecule has 1 aromatic rings. The maximum Gasteiger partial charge on any atom is 0.417 e. The third-order valence-corrected chi connectivity index (χ3v) is 20.5. The first-order valence-corrected chi connectivity index (χ1v) is 34.6. The van der Waals surface area contributed by atoms with Crippen LogP contribution in [0.1, 0.15) is 162 Å². The Kier molecular flexibility index (Phi) is 27.6. The van der Waals surface area contributed by atoms with Crippen LogP contribution >= 0.6 is 11.6 Å². The van der Waals surface area contributed by atoms with E-state index in [1.165, 1.54) is 79.9 Å². The van der Waals surface area contributed by atoms with Gasteiger partial charge in [0.15, 0.2) is 0 Å². The van der Waals surface area contributed by atoms with Crippen molar-refractivity contribution in [1.29, 1.82) is 0 Å². The molecule has 3 heterocycles. The zero-order valence-corrected chi connectivity index (χ0v) is 59.2. The second-order valence-corrected chi connectivity index (χ2v) is 28.7. The van der Waals surface area contributed by atoms with Crippen LogP contribution in [0, 0.1) is 23.7 Å². The zero-order chi connectivity index (χ0) is 71.4. The van der Waals surface area contributed by atoms with Crippen LogP contribution < -0.4 is 16.0 Å². The van der Waals surface area contributed by atoms with Gasteiger partial charge in [-0.15, -0.1) is 0 Å². The van der Waals surface area contributed by atoms with E-state index < -0.39 is 173 Å². The number of nitrogens with zero attached hydrogens (tertiary/aromatic N) is 9. The van der Waals surface area contributed by atoms with Crippen LogP contribution in [-0.2, 0) is 70.1 Å². The van der Waals surface area contributed by atoms with Gasteiger partial charge < -0.3 is 60.0 Å². The Balaban J connectivity index is 1.39.